The van der Waals surface area contributed by atoms with Crippen LogP contribution in [0, 0.1) is 11.8 Å². The van der Waals surface area contributed by atoms with Gasteiger partial charge in [0.2, 0.25) is 5.91 Å². The van der Waals surface area contributed by atoms with Crippen LogP contribution >= 0.6 is 0 Å². The molecule has 25 heavy (non-hydrogen) atoms. The molecule has 0 radical (unpaired) electrons. The lowest BCUT2D eigenvalue weighted by molar-refractivity contribution is -0.135. The van der Waals surface area contributed by atoms with E-state index in [-0.39, 0.29) is 24.4 Å². The molecule has 6 heteroatoms. The molecule has 140 valence electrons. The Morgan fingerprint density at radius 2 is 1.80 bits per heavy atom. The molecule has 1 heterocycles. The molecule has 3 aliphatic rings. The van der Waals surface area contributed by atoms with E-state index in [9.17, 15) is 14.4 Å². The summed E-state index contributed by atoms with van der Waals surface area (Å²) in [7, 11) is 0. The molecule has 4 amide bonds. The van der Waals surface area contributed by atoms with Crippen molar-refractivity contribution in [2.24, 2.45) is 11.8 Å². The molecular formula is C19H31N3O3. The summed E-state index contributed by atoms with van der Waals surface area (Å²) in [6, 6.07) is -0.268. The predicted molar refractivity (Wildman–Crippen MR) is 94.8 cm³/mol. The van der Waals surface area contributed by atoms with Gasteiger partial charge in [-0.05, 0) is 31.1 Å². The fourth-order valence-corrected chi connectivity index (χ4v) is 4.67. The summed E-state index contributed by atoms with van der Waals surface area (Å²) in [5.74, 6) is 0.582. The Kier molecular flexibility index (Phi) is 5.35. The Labute approximate surface area is 150 Å². The smallest absolute Gasteiger partial charge is 0.325 e. The van der Waals surface area contributed by atoms with Gasteiger partial charge in [-0.3, -0.25) is 14.5 Å². The van der Waals surface area contributed by atoms with E-state index in [0.717, 1.165) is 43.4 Å². The molecule has 0 aromatic rings. The molecule has 0 bridgehead atoms. The Bertz CT molecular complexity index is 540. The minimum absolute atomic E-state index is 0.142. The monoisotopic (exact) mass is 349 g/mol. The lowest BCUT2D eigenvalue weighted by Crippen LogP contribution is -2.49. The molecule has 1 aliphatic heterocycles. The molecule has 2 N–H and O–H groups in total. The van der Waals surface area contributed by atoms with Crippen molar-refractivity contribution in [3.05, 3.63) is 0 Å². The number of nitrogens with one attached hydrogen (secondary N) is 2. The number of rotatable bonds is 3. The van der Waals surface area contributed by atoms with Gasteiger partial charge in [0.15, 0.2) is 0 Å². The third-order valence-corrected chi connectivity index (χ3v) is 6.56. The van der Waals surface area contributed by atoms with Crippen molar-refractivity contribution < 1.29 is 14.4 Å². The predicted octanol–water partition coefficient (Wildman–Crippen LogP) is 2.57. The van der Waals surface area contributed by atoms with Crippen LogP contribution in [0.5, 0.6) is 0 Å². The van der Waals surface area contributed by atoms with Gasteiger partial charge in [-0.1, -0.05) is 52.4 Å². The third kappa shape index (κ3) is 3.67. The van der Waals surface area contributed by atoms with E-state index in [1.54, 1.807) is 0 Å². The van der Waals surface area contributed by atoms with Crippen LogP contribution < -0.4 is 10.6 Å². The highest BCUT2D eigenvalue weighted by atomic mass is 16.2. The number of hydrogen-bond donors (Lipinski definition) is 2. The zero-order valence-electron chi connectivity index (χ0n) is 15.5. The van der Waals surface area contributed by atoms with Crippen LogP contribution in [0.4, 0.5) is 4.79 Å². The van der Waals surface area contributed by atoms with Crippen LogP contribution in [0.1, 0.15) is 71.6 Å². The van der Waals surface area contributed by atoms with E-state index >= 15 is 0 Å². The maximum Gasteiger partial charge on any atom is 0.325 e. The first-order valence-corrected chi connectivity index (χ1v) is 9.86. The summed E-state index contributed by atoms with van der Waals surface area (Å²) < 4.78 is 0. The molecule has 2 saturated carbocycles. The fraction of sp³-hybridized carbons (Fsp3) is 0.842. The number of carbonyl (C=O) groups excluding carboxylic acids is 3. The van der Waals surface area contributed by atoms with E-state index in [0.29, 0.717) is 24.7 Å². The second kappa shape index (κ2) is 7.34. The number of hydrogen-bond acceptors (Lipinski definition) is 3. The van der Waals surface area contributed by atoms with Crippen molar-refractivity contribution in [2.75, 3.05) is 6.54 Å². The average Bonchev–Trinajstić information content (AvgIpc) is 2.74. The van der Waals surface area contributed by atoms with Gasteiger partial charge in [-0.2, -0.15) is 0 Å². The molecular weight excluding hydrogens is 318 g/mol. The van der Waals surface area contributed by atoms with Gasteiger partial charge in [-0.25, -0.2) is 4.79 Å². The standard InChI is InChI=1S/C19H31N3O3/c1-13-8-7-9-15(14(13)2)20-16(23)12-22-17(24)19(21-18(22)25)10-5-3-4-6-11-19/h13-15H,3-12H2,1-2H3,(H,20,23)(H,21,25)/t13-,14+,15+/m1/s1. The van der Waals surface area contributed by atoms with Crippen LogP contribution in [0.15, 0.2) is 0 Å². The number of urea groups is 1. The molecule has 3 atom stereocenters. The zero-order chi connectivity index (χ0) is 18.0. The molecule has 3 fully saturated rings. The molecule has 0 unspecified atom stereocenters. The first-order chi connectivity index (χ1) is 11.9. The Balaban J connectivity index is 1.61. The van der Waals surface area contributed by atoms with Gasteiger partial charge in [0.1, 0.15) is 12.1 Å². The zero-order valence-corrected chi connectivity index (χ0v) is 15.5. The minimum Gasteiger partial charge on any atom is -0.352 e. The van der Waals surface area contributed by atoms with E-state index in [2.05, 4.69) is 24.5 Å². The van der Waals surface area contributed by atoms with Crippen molar-refractivity contribution in [2.45, 2.75) is 83.2 Å². The van der Waals surface area contributed by atoms with Crippen molar-refractivity contribution in [1.29, 1.82) is 0 Å². The second-order valence-electron chi connectivity index (χ2n) is 8.26. The van der Waals surface area contributed by atoms with Crippen molar-refractivity contribution >= 4 is 17.8 Å². The van der Waals surface area contributed by atoms with Crippen LogP contribution in [0.3, 0.4) is 0 Å². The Hall–Kier alpha value is -1.59. The van der Waals surface area contributed by atoms with Gasteiger partial charge >= 0.3 is 6.03 Å². The lowest BCUT2D eigenvalue weighted by atomic mass is 9.78. The minimum atomic E-state index is -0.763. The molecule has 0 aromatic heterocycles. The Morgan fingerprint density at radius 3 is 2.48 bits per heavy atom. The third-order valence-electron chi connectivity index (χ3n) is 6.56. The van der Waals surface area contributed by atoms with Gasteiger partial charge in [0, 0.05) is 6.04 Å². The average molecular weight is 349 g/mol. The first kappa shape index (κ1) is 18.2. The van der Waals surface area contributed by atoms with Crippen LogP contribution in [0.25, 0.3) is 0 Å². The van der Waals surface area contributed by atoms with Crippen molar-refractivity contribution in [3.63, 3.8) is 0 Å². The summed E-state index contributed by atoms with van der Waals surface area (Å²) >= 11 is 0. The highest BCUT2D eigenvalue weighted by molar-refractivity contribution is 6.09. The van der Waals surface area contributed by atoms with Gasteiger partial charge < -0.3 is 10.6 Å². The SMILES string of the molecule is C[C@H]1[C@H](C)CCC[C@@H]1NC(=O)CN1C(=O)NC2(CCCCCC2)C1=O. The fourth-order valence-electron chi connectivity index (χ4n) is 4.67. The maximum absolute atomic E-state index is 12.9. The van der Waals surface area contributed by atoms with Gasteiger partial charge in [0.25, 0.3) is 5.91 Å². The summed E-state index contributed by atoms with van der Waals surface area (Å²) in [4.78, 5) is 38.8. The number of nitrogens with zero attached hydrogens (tertiary/aromatic N) is 1. The quantitative estimate of drug-likeness (QED) is 0.769. The van der Waals surface area contributed by atoms with E-state index in [1.807, 2.05) is 0 Å². The first-order valence-electron chi connectivity index (χ1n) is 9.86. The molecule has 6 nitrogen and oxygen atoms in total. The van der Waals surface area contributed by atoms with Crippen LogP contribution in [-0.4, -0.2) is 40.9 Å². The second-order valence-corrected chi connectivity index (χ2v) is 8.26. The highest BCUT2D eigenvalue weighted by Crippen LogP contribution is 2.33. The number of imide groups is 1. The van der Waals surface area contributed by atoms with Crippen LogP contribution in [0.2, 0.25) is 0 Å². The van der Waals surface area contributed by atoms with Gasteiger partial charge in [0.05, 0.1) is 0 Å². The summed E-state index contributed by atoms with van der Waals surface area (Å²) in [6.45, 7) is 4.23. The van der Waals surface area contributed by atoms with Crippen molar-refractivity contribution in [1.82, 2.24) is 15.5 Å². The normalized spacial score (nSPS) is 32.4. The lowest BCUT2D eigenvalue weighted by Gasteiger charge is -2.34. The summed E-state index contributed by atoms with van der Waals surface area (Å²) in [5, 5.41) is 5.95. The molecule has 2 aliphatic carbocycles. The topological polar surface area (TPSA) is 78.5 Å². The summed E-state index contributed by atoms with van der Waals surface area (Å²) in [5.41, 5.74) is -0.763. The number of carbonyl (C=O) groups is 3. The molecule has 3 rings (SSSR count). The largest absolute Gasteiger partial charge is 0.352 e. The number of amides is 4. The van der Waals surface area contributed by atoms with E-state index < -0.39 is 11.6 Å². The van der Waals surface area contributed by atoms with E-state index in [1.165, 1.54) is 6.42 Å². The maximum atomic E-state index is 12.9. The van der Waals surface area contributed by atoms with Crippen LogP contribution in [-0.2, 0) is 9.59 Å². The summed E-state index contributed by atoms with van der Waals surface area (Å²) in [6.07, 6.45) is 8.76. The molecule has 1 saturated heterocycles. The Morgan fingerprint density at radius 1 is 1.12 bits per heavy atom. The van der Waals surface area contributed by atoms with E-state index in [4.69, 9.17) is 0 Å². The van der Waals surface area contributed by atoms with Crippen molar-refractivity contribution in [3.8, 4) is 0 Å². The highest BCUT2D eigenvalue weighted by Gasteiger charge is 2.51. The molecule has 1 spiro atoms. The molecule has 0 aromatic carbocycles. The van der Waals surface area contributed by atoms with Gasteiger partial charge in [-0.15, -0.1) is 0 Å².